The molecule has 11 nitrogen and oxygen atoms in total. The number of aryl methyl sites for hydroxylation is 1. The first kappa shape index (κ1) is 29.4. The molecule has 1 aromatic heterocycles. The molecule has 0 aliphatic rings. The van der Waals surface area contributed by atoms with Crippen LogP contribution in [0.3, 0.4) is 0 Å². The highest BCUT2D eigenvalue weighted by Gasteiger charge is 2.26. The summed E-state index contributed by atoms with van der Waals surface area (Å²) in [6.07, 6.45) is 0.409. The number of hydrogen-bond donors (Lipinski definition) is 0. The van der Waals surface area contributed by atoms with E-state index < -0.39 is 27.1 Å². The average molecular weight is 555 g/mol. The number of amides is 2. The zero-order valence-corrected chi connectivity index (χ0v) is 22.6. The van der Waals surface area contributed by atoms with E-state index in [0.29, 0.717) is 32.7 Å². The van der Waals surface area contributed by atoms with Gasteiger partial charge in [0.05, 0.1) is 28.0 Å². The lowest BCUT2D eigenvalue weighted by Crippen LogP contribution is -2.43. The normalized spacial score (nSPS) is 10.7. The lowest BCUT2D eigenvalue weighted by atomic mass is 10.1. The lowest BCUT2D eigenvalue weighted by molar-refractivity contribution is -0.394. The Balaban J connectivity index is 1.90. The van der Waals surface area contributed by atoms with Crippen LogP contribution >= 0.6 is 11.3 Å². The van der Waals surface area contributed by atoms with E-state index in [1.807, 2.05) is 55.6 Å². The maximum atomic E-state index is 13.7. The van der Waals surface area contributed by atoms with Gasteiger partial charge in [0, 0.05) is 43.3 Å². The van der Waals surface area contributed by atoms with Gasteiger partial charge in [-0.15, -0.1) is 11.3 Å². The van der Waals surface area contributed by atoms with E-state index in [-0.39, 0.29) is 24.6 Å². The fraction of sp³-hybridized carbons (Fsp3) is 0.333. The van der Waals surface area contributed by atoms with Crippen molar-refractivity contribution < 1.29 is 24.2 Å². The molecule has 12 heteroatoms. The third-order valence-corrected chi connectivity index (χ3v) is 6.98. The Kier molecular flexibility index (Phi) is 10.6. The number of benzene rings is 2. The number of hydrogen-bond acceptors (Lipinski definition) is 8. The lowest BCUT2D eigenvalue weighted by Gasteiger charge is -2.28. The number of nitrogens with zero attached hydrogens (tertiary/aromatic N) is 4. The molecule has 2 aromatic carbocycles. The third kappa shape index (κ3) is 8.42. The molecule has 206 valence electrons. The second-order valence-corrected chi connectivity index (χ2v) is 9.79. The van der Waals surface area contributed by atoms with E-state index in [2.05, 4.69) is 0 Å². The molecule has 0 saturated carbocycles. The van der Waals surface area contributed by atoms with Gasteiger partial charge in [-0.05, 0) is 42.8 Å². The van der Waals surface area contributed by atoms with Crippen LogP contribution in [0.15, 0.2) is 60.0 Å². The first-order chi connectivity index (χ1) is 18.7. The maximum Gasteiger partial charge on any atom is 0.277 e. The van der Waals surface area contributed by atoms with E-state index in [0.717, 1.165) is 34.2 Å². The molecule has 0 aliphatic heterocycles. The zero-order valence-electron chi connectivity index (χ0n) is 21.8. The van der Waals surface area contributed by atoms with Gasteiger partial charge < -0.3 is 14.5 Å². The highest BCUT2D eigenvalue weighted by atomic mass is 32.1. The van der Waals surface area contributed by atoms with Crippen LogP contribution in [0.25, 0.3) is 0 Å². The minimum Gasteiger partial charge on any atom is -0.382 e. The summed E-state index contributed by atoms with van der Waals surface area (Å²) in [4.78, 5) is 52.3. The fourth-order valence-corrected chi connectivity index (χ4v) is 4.83. The first-order valence-corrected chi connectivity index (χ1v) is 13.2. The predicted molar refractivity (Wildman–Crippen MR) is 147 cm³/mol. The molecule has 0 fully saturated rings. The van der Waals surface area contributed by atoms with Crippen molar-refractivity contribution in [2.24, 2.45) is 0 Å². The van der Waals surface area contributed by atoms with Crippen molar-refractivity contribution >= 4 is 34.5 Å². The Hall–Kier alpha value is -4.16. The van der Waals surface area contributed by atoms with Crippen molar-refractivity contribution in [1.82, 2.24) is 9.80 Å². The topological polar surface area (TPSA) is 136 Å². The van der Waals surface area contributed by atoms with Crippen LogP contribution < -0.4 is 0 Å². The molecule has 3 rings (SSSR count). The Bertz CT molecular complexity index is 1280. The minimum atomic E-state index is -0.792. The van der Waals surface area contributed by atoms with Crippen molar-refractivity contribution in [3.8, 4) is 0 Å². The van der Waals surface area contributed by atoms with Crippen LogP contribution in [-0.2, 0) is 22.6 Å². The smallest absolute Gasteiger partial charge is 0.277 e. The van der Waals surface area contributed by atoms with Crippen molar-refractivity contribution in [2.45, 2.75) is 33.4 Å². The molecular formula is C27H30N4O7S. The number of carbonyl (C=O) groups excluding carboxylic acids is 2. The van der Waals surface area contributed by atoms with Crippen molar-refractivity contribution in [2.75, 3.05) is 26.3 Å². The fourth-order valence-electron chi connectivity index (χ4n) is 3.91. The van der Waals surface area contributed by atoms with E-state index in [1.54, 1.807) is 4.90 Å². The summed E-state index contributed by atoms with van der Waals surface area (Å²) in [6, 6.07) is 14.2. The summed E-state index contributed by atoms with van der Waals surface area (Å²) in [6.45, 7) is 5.11. The van der Waals surface area contributed by atoms with Gasteiger partial charge in [0.15, 0.2) is 0 Å². The number of carbonyl (C=O) groups is 2. The average Bonchev–Trinajstić information content (AvgIpc) is 3.33. The summed E-state index contributed by atoms with van der Waals surface area (Å²) in [5, 5.41) is 24.7. The number of nitro benzene ring substituents is 2. The Labute approximate surface area is 229 Å². The highest BCUT2D eigenvalue weighted by Crippen LogP contribution is 2.24. The van der Waals surface area contributed by atoms with E-state index >= 15 is 0 Å². The number of nitro groups is 2. The van der Waals surface area contributed by atoms with Crippen LogP contribution in [0.2, 0.25) is 0 Å². The van der Waals surface area contributed by atoms with Crippen LogP contribution in [0.4, 0.5) is 11.4 Å². The summed E-state index contributed by atoms with van der Waals surface area (Å²) < 4.78 is 5.37. The number of ether oxygens (including phenoxy) is 1. The quantitative estimate of drug-likeness (QED) is 0.156. The molecule has 0 N–H and O–H groups in total. The highest BCUT2D eigenvalue weighted by molar-refractivity contribution is 7.10. The Morgan fingerprint density at radius 3 is 2.18 bits per heavy atom. The number of non-ortho nitro benzene ring substituents is 2. The SMILES string of the molecule is CCOCCCN(CC(=O)N(Cc1ccccc1)Cc1sccc1C)C(=O)c1cc([N+](=O)[O-])cc([N+](=O)[O-])c1. The number of thiophene rings is 1. The second kappa shape index (κ2) is 14.1. The molecule has 2 amide bonds. The Morgan fingerprint density at radius 2 is 1.62 bits per heavy atom. The molecule has 3 aromatic rings. The van der Waals surface area contributed by atoms with Crippen molar-refractivity contribution in [1.29, 1.82) is 0 Å². The molecular weight excluding hydrogens is 524 g/mol. The molecule has 0 saturated heterocycles. The van der Waals surface area contributed by atoms with Crippen molar-refractivity contribution in [3.63, 3.8) is 0 Å². The molecule has 39 heavy (non-hydrogen) atoms. The van der Waals surface area contributed by atoms with Crippen LogP contribution in [0.1, 0.15) is 39.7 Å². The van der Waals surface area contributed by atoms with Crippen LogP contribution in [0, 0.1) is 27.2 Å². The van der Waals surface area contributed by atoms with E-state index in [4.69, 9.17) is 4.74 Å². The van der Waals surface area contributed by atoms with Gasteiger partial charge in [0.2, 0.25) is 5.91 Å². The Morgan fingerprint density at radius 1 is 0.949 bits per heavy atom. The molecule has 0 atom stereocenters. The summed E-state index contributed by atoms with van der Waals surface area (Å²) >= 11 is 1.54. The first-order valence-electron chi connectivity index (χ1n) is 12.3. The molecule has 0 bridgehead atoms. The van der Waals surface area contributed by atoms with E-state index in [9.17, 15) is 29.8 Å². The summed E-state index contributed by atoms with van der Waals surface area (Å²) in [5.41, 5.74) is 0.589. The molecule has 0 spiro atoms. The molecule has 0 aliphatic carbocycles. The molecule has 0 radical (unpaired) electrons. The standard InChI is InChI=1S/C27H30N4O7S/c1-3-38-12-7-11-28(27(33)22-14-23(30(34)35)16-24(15-22)31(36)37)19-26(32)29(17-21-8-5-4-6-9-21)18-25-20(2)10-13-39-25/h4-6,8-10,13-16H,3,7,11-12,17-19H2,1-2H3. The van der Waals surface area contributed by atoms with Crippen LogP contribution in [-0.4, -0.2) is 57.8 Å². The van der Waals surface area contributed by atoms with Gasteiger partial charge >= 0.3 is 0 Å². The predicted octanol–water partition coefficient (Wildman–Crippen LogP) is 4.97. The molecule has 0 unspecified atom stereocenters. The van der Waals surface area contributed by atoms with Gasteiger partial charge in [-0.2, -0.15) is 0 Å². The van der Waals surface area contributed by atoms with Gasteiger partial charge in [-0.3, -0.25) is 29.8 Å². The van der Waals surface area contributed by atoms with Gasteiger partial charge in [-0.1, -0.05) is 30.3 Å². The van der Waals surface area contributed by atoms with Crippen molar-refractivity contribution in [3.05, 3.63) is 102 Å². The van der Waals surface area contributed by atoms with Gasteiger partial charge in [-0.25, -0.2) is 0 Å². The third-order valence-electron chi connectivity index (χ3n) is 5.98. The summed E-state index contributed by atoms with van der Waals surface area (Å²) in [7, 11) is 0. The largest absolute Gasteiger partial charge is 0.382 e. The molecule has 1 heterocycles. The van der Waals surface area contributed by atoms with Crippen LogP contribution in [0.5, 0.6) is 0 Å². The maximum absolute atomic E-state index is 13.7. The zero-order chi connectivity index (χ0) is 28.4. The summed E-state index contributed by atoms with van der Waals surface area (Å²) in [5.74, 6) is -1.03. The van der Waals surface area contributed by atoms with Gasteiger partial charge in [0.25, 0.3) is 17.3 Å². The second-order valence-electron chi connectivity index (χ2n) is 8.79. The number of rotatable bonds is 14. The van der Waals surface area contributed by atoms with E-state index in [1.165, 1.54) is 16.2 Å². The monoisotopic (exact) mass is 554 g/mol. The minimum absolute atomic E-state index is 0.123. The van der Waals surface area contributed by atoms with Gasteiger partial charge in [0.1, 0.15) is 6.54 Å².